The number of likely N-dealkylation sites (tertiary alicyclic amines) is 8. The van der Waals surface area contributed by atoms with E-state index in [1.54, 1.807) is 17.9 Å². The van der Waals surface area contributed by atoms with Crippen molar-refractivity contribution in [2.45, 2.75) is 288 Å². The van der Waals surface area contributed by atoms with Gasteiger partial charge in [-0.05, 0) is 297 Å². The number of hydrogen-bond acceptors (Lipinski definition) is 19. The van der Waals surface area contributed by atoms with E-state index in [-0.39, 0.29) is 60.7 Å². The number of anilines is 4. The Hall–Kier alpha value is -9.15. The quantitative estimate of drug-likeness (QED) is 0.0697. The number of carbonyl (C=O) groups excluding carboxylic acids is 4. The van der Waals surface area contributed by atoms with Crippen molar-refractivity contribution in [3.05, 3.63) is 117 Å². The lowest BCUT2D eigenvalue weighted by atomic mass is 9.82. The fraction of sp³-hybridized carbons (Fsp3) is 0.700. The van der Waals surface area contributed by atoms with Gasteiger partial charge in [0.05, 0.1) is 30.1 Å². The molecule has 7 unspecified atom stereocenters. The van der Waals surface area contributed by atoms with Crippen molar-refractivity contribution in [1.82, 2.24) is 39.2 Å². The summed E-state index contributed by atoms with van der Waals surface area (Å²) < 4.78 is 219. The summed E-state index contributed by atoms with van der Waals surface area (Å²) >= 11 is 0. The highest BCUT2D eigenvalue weighted by Crippen LogP contribution is 2.47. The predicted molar refractivity (Wildman–Crippen MR) is 495 cm³/mol. The summed E-state index contributed by atoms with van der Waals surface area (Å²) in [4.78, 5) is 96.0. The number of benzene rings is 4. The molecular weight excluding hydrogens is 1860 g/mol. The van der Waals surface area contributed by atoms with Crippen LogP contribution in [0.3, 0.4) is 0 Å². The molecule has 0 aromatic heterocycles. The summed E-state index contributed by atoms with van der Waals surface area (Å²) in [5, 5.41) is 18.9. The highest BCUT2D eigenvalue weighted by Gasteiger charge is 2.52. The van der Waals surface area contributed by atoms with Crippen LogP contribution in [0.25, 0.3) is 0 Å². The Morgan fingerprint density at radius 1 is 0.393 bits per heavy atom. The maximum atomic E-state index is 13.8. The molecule has 2 N–H and O–H groups in total. The molecule has 12 saturated heterocycles. The molecule has 12 fully saturated rings. The Kier molecular flexibility index (Phi) is 34.8. The van der Waals surface area contributed by atoms with Gasteiger partial charge in [0, 0.05) is 176 Å². The van der Waals surface area contributed by atoms with E-state index in [1.165, 1.54) is 71.6 Å². The van der Waals surface area contributed by atoms with Crippen LogP contribution >= 0.6 is 0 Å². The maximum Gasteiger partial charge on any atom is 0.425 e. The van der Waals surface area contributed by atoms with Crippen molar-refractivity contribution in [3.63, 3.8) is 0 Å². The van der Waals surface area contributed by atoms with Gasteiger partial charge in [0.1, 0.15) is 0 Å². The number of carbonyl (C=O) groups is 6. The molecule has 3 spiro atoms. The van der Waals surface area contributed by atoms with Crippen molar-refractivity contribution in [2.24, 2.45) is 17.3 Å². The van der Waals surface area contributed by atoms with Gasteiger partial charge in [-0.25, -0.2) is 19.2 Å². The van der Waals surface area contributed by atoms with Crippen LogP contribution < -0.4 is 19.6 Å². The van der Waals surface area contributed by atoms with Gasteiger partial charge in [0.25, 0.3) is 0 Å². The van der Waals surface area contributed by atoms with Crippen molar-refractivity contribution in [3.8, 4) is 0 Å². The third kappa shape index (κ3) is 27.1. The van der Waals surface area contributed by atoms with Gasteiger partial charge in [-0.15, -0.1) is 0 Å². The summed E-state index contributed by atoms with van der Waals surface area (Å²) in [6, 6.07) is 23.5. The van der Waals surface area contributed by atoms with Crippen LogP contribution in [0.5, 0.6) is 0 Å². The average molecular weight is 2000 g/mol. The number of aryl methyl sites for hydroxylation is 3. The molecule has 0 radical (unpaired) electrons. The molecule has 4 aromatic carbocycles. The molecule has 0 bridgehead atoms. The second kappa shape index (κ2) is 45.0. The van der Waals surface area contributed by atoms with Gasteiger partial charge < -0.3 is 73.1 Å². The van der Waals surface area contributed by atoms with Crippen LogP contribution in [0.15, 0.2) is 72.8 Å². The molecule has 0 aliphatic carbocycles. The molecule has 12 aliphatic rings. The van der Waals surface area contributed by atoms with Crippen LogP contribution in [-0.2, 0) is 65.6 Å². The third-order valence-corrected chi connectivity index (χ3v) is 31.3. The first-order valence-corrected chi connectivity index (χ1v) is 49.5. The molecule has 4 amide bonds. The Morgan fingerprint density at radius 3 is 1.19 bits per heavy atom. The Bertz CT molecular complexity index is 4870. The molecule has 780 valence electrons. The first kappa shape index (κ1) is 108. The maximum absolute atomic E-state index is 13.8. The van der Waals surface area contributed by atoms with E-state index < -0.39 is 103 Å². The smallest absolute Gasteiger partial charge is 0.425 e. The number of carboxylic acid groups (broad SMARTS) is 2. The highest BCUT2D eigenvalue weighted by atomic mass is 19.4. The monoisotopic (exact) mass is 2000 g/mol. The number of morpholine rings is 1. The van der Waals surface area contributed by atoms with Gasteiger partial charge in [-0.3, -0.25) is 29.2 Å². The van der Waals surface area contributed by atoms with Crippen LogP contribution in [0, 0.1) is 38.0 Å². The normalized spacial score (nSPS) is 23.8. The van der Waals surface area contributed by atoms with E-state index in [0.717, 1.165) is 213 Å². The van der Waals surface area contributed by atoms with Gasteiger partial charge >= 0.3 is 67.2 Å². The number of nitrogens with zero attached hydrogens (tertiary/aromatic N) is 12. The number of rotatable bonds is 18. The molecule has 7 atom stereocenters. The van der Waals surface area contributed by atoms with E-state index in [2.05, 4.69) is 124 Å². The molecule has 4 aromatic rings. The number of hydrogen-bond donors (Lipinski definition) is 2. The summed E-state index contributed by atoms with van der Waals surface area (Å²) in [5.74, 6) is -1.81. The lowest BCUT2D eigenvalue weighted by molar-refractivity contribution is -0.200. The summed E-state index contributed by atoms with van der Waals surface area (Å²) in [5.41, 5.74) is 9.99. The minimum atomic E-state index is -4.68. The first-order chi connectivity index (χ1) is 65.9. The molecule has 0 saturated carbocycles. The third-order valence-electron chi connectivity index (χ3n) is 31.3. The number of fused-ring (bicyclic) bond motifs is 1. The summed E-state index contributed by atoms with van der Waals surface area (Å²) in [7, 11) is 0. The van der Waals surface area contributed by atoms with Crippen molar-refractivity contribution in [2.75, 3.05) is 164 Å². The van der Waals surface area contributed by atoms with E-state index in [1.807, 2.05) is 4.90 Å². The lowest BCUT2D eigenvalue weighted by Crippen LogP contribution is -2.53. The Morgan fingerprint density at radius 2 is 0.779 bits per heavy atom. The fourth-order valence-electron chi connectivity index (χ4n) is 22.6. The van der Waals surface area contributed by atoms with E-state index in [4.69, 9.17) is 4.74 Å². The first-order valence-electron chi connectivity index (χ1n) is 49.5. The van der Waals surface area contributed by atoms with Crippen molar-refractivity contribution >= 4 is 59.1 Å². The van der Waals surface area contributed by atoms with Crippen molar-refractivity contribution < 1.29 is 129 Å². The number of carboxylic acids is 2. The van der Waals surface area contributed by atoms with Crippen LogP contribution in [0.4, 0.5) is 108 Å². The number of aliphatic carboxylic acids is 2. The number of ether oxygens (including phenoxy) is 5. The zero-order chi connectivity index (χ0) is 101. The molecule has 40 heteroatoms. The molecular formula is C100H137F15N12O13. The second-order valence-electron chi connectivity index (χ2n) is 40.9. The topological polar surface area (TPSA) is 228 Å². The van der Waals surface area contributed by atoms with Gasteiger partial charge in [-0.2, -0.15) is 65.9 Å². The minimum Gasteiger partial charge on any atom is -0.481 e. The summed E-state index contributed by atoms with van der Waals surface area (Å²) in [6.45, 7) is 27.9. The minimum absolute atomic E-state index is 0.00353. The SMILES string of the molecule is CC(OC(=O)N1CCC2CCN(Cc3cc(N4CCCC(C)(C(=O)O)C4)cc(C(F)(F)F)c3)C2C1)C(F)(F)F.Cc1cc(CN2CCCC23CCN(C(=O)OC(C)C(F)(F)F)CC3)cc(N2CCC(C(=O)O)CC2)c1.Cc1ccc(CN2CCCC23CCN(C(=O)OC(C)C(F)(F)F)CC3)cc1N1CCCC1.Cc1ccc(CN2CCCC23CCN(C(=O)OC(C)C(F)(F)F)CC3)cc1N1CCOCC1. The Labute approximate surface area is 809 Å². The van der Waals surface area contributed by atoms with Gasteiger partial charge in [0.2, 0.25) is 0 Å². The van der Waals surface area contributed by atoms with Crippen LogP contribution in [-0.4, -0.2) is 302 Å². The average Bonchev–Trinajstić information content (AvgIpc) is 1.72. The highest BCUT2D eigenvalue weighted by molar-refractivity contribution is 5.76. The van der Waals surface area contributed by atoms with Crippen LogP contribution in [0.2, 0.25) is 0 Å². The van der Waals surface area contributed by atoms with Gasteiger partial charge in [-0.1, -0.05) is 30.3 Å². The zero-order valence-electron chi connectivity index (χ0n) is 81.4. The van der Waals surface area contributed by atoms with Gasteiger partial charge in [0.15, 0.2) is 24.4 Å². The van der Waals surface area contributed by atoms with E-state index in [9.17, 15) is 105 Å². The largest absolute Gasteiger partial charge is 0.481 e. The standard InChI is InChI=1S/C26H33F6N3O4.C26H36F3N3O4.C24H34F3N3O3.C24H34F3N3O2/c1-16(25(27,28)29)39-23(38)34-9-5-18-4-8-33(21(18)14-34)13-17-10-19(26(30,31)32)12-20(11-17)35-7-3-6-24(2,15-35)22(36)37;1-18-14-20(16-22(15-18)30-10-4-21(5-11-30)23(33)34)17-32-9-3-6-25(32)7-12-31(13-8-25)24(35)36-19(2)26(27,28)29;1-18-4-5-20(16-21(18)28-12-14-32-15-13-28)17-30-9-3-6-23(30)7-10-29(11-8-23)22(31)33-19(2)24(25,26)27;1-18-6-7-20(16-21(18)28-11-3-4-12-28)17-30-13-5-8-23(30)9-14-29(15-10-23)22(31)32-19(2)24(25,26)27/h10-12,16,18,21H,3-9,13-15H2,1-2H3,(H,36,37);14-16,19,21H,3-13,17H2,1-2H3,(H,33,34);4-5,16,19H,3,6-15,17H2,1-2H3;6-7,16,19H,3-5,8-15,17H2,1-2H3. The second-order valence-corrected chi connectivity index (χ2v) is 40.9. The number of halogens is 15. The summed E-state index contributed by atoms with van der Waals surface area (Å²) in [6.07, 6.45) is -18.2. The fourth-order valence-corrected chi connectivity index (χ4v) is 22.6. The van der Waals surface area contributed by atoms with E-state index in [0.29, 0.717) is 109 Å². The lowest BCUT2D eigenvalue weighted by Gasteiger charge is -2.45. The molecule has 12 aliphatic heterocycles. The molecule has 12 heterocycles. The molecule has 140 heavy (non-hydrogen) atoms. The van der Waals surface area contributed by atoms with E-state index >= 15 is 0 Å². The number of amides is 4. The van der Waals surface area contributed by atoms with Crippen molar-refractivity contribution in [1.29, 1.82) is 0 Å². The molecule has 25 nitrogen and oxygen atoms in total. The van der Waals surface area contributed by atoms with Crippen LogP contribution in [0.1, 0.15) is 208 Å². The zero-order valence-corrected chi connectivity index (χ0v) is 81.4. The predicted octanol–water partition coefficient (Wildman–Crippen LogP) is 19.7. The molecule has 16 rings (SSSR count). The number of alkyl halides is 15. The number of piperidine rings is 6. The Balaban J connectivity index is 0.000000158.